The van der Waals surface area contributed by atoms with Gasteiger partial charge in [0.1, 0.15) is 16.3 Å². The molecule has 0 spiro atoms. The highest BCUT2D eigenvalue weighted by atomic mass is 32.1. The van der Waals surface area contributed by atoms with Gasteiger partial charge in [0.15, 0.2) is 0 Å². The second-order valence-corrected chi connectivity index (χ2v) is 5.77. The summed E-state index contributed by atoms with van der Waals surface area (Å²) < 4.78 is 2.06. The van der Waals surface area contributed by atoms with E-state index in [1.165, 1.54) is 0 Å². The number of fused-ring (bicyclic) bond motifs is 1. The number of aromatic nitrogens is 3. The quantitative estimate of drug-likeness (QED) is 0.804. The maximum Gasteiger partial charge on any atom is 0.337 e. The molecule has 0 unspecified atom stereocenters. The molecule has 6 heteroatoms. The number of rotatable bonds is 4. The Hall–Kier alpha value is -2.21. The number of para-hydroxylation sites is 1. The zero-order valence-corrected chi connectivity index (χ0v) is 12.6. The number of hydrogen-bond acceptors (Lipinski definition) is 4. The Morgan fingerprint density at radius 2 is 2.19 bits per heavy atom. The molecule has 1 N–H and O–H groups in total. The predicted octanol–water partition coefficient (Wildman–Crippen LogP) is 3.11. The number of nitrogens with zero attached hydrogens (tertiary/aromatic N) is 3. The van der Waals surface area contributed by atoms with E-state index >= 15 is 0 Å². The molecule has 0 bridgehead atoms. The Kier molecular flexibility index (Phi) is 3.47. The summed E-state index contributed by atoms with van der Waals surface area (Å²) in [5.74, 6) is -0.0652. The number of carbonyl (C=O) groups is 1. The lowest BCUT2D eigenvalue weighted by atomic mass is 10.2. The lowest BCUT2D eigenvalue weighted by molar-refractivity contribution is 0.0699. The van der Waals surface area contributed by atoms with E-state index in [-0.39, 0.29) is 5.56 Å². The average Bonchev–Trinajstić information content (AvgIpc) is 3.03. The third-order valence-electron chi connectivity index (χ3n) is 3.36. The van der Waals surface area contributed by atoms with Crippen molar-refractivity contribution in [1.82, 2.24) is 14.5 Å². The Morgan fingerprint density at radius 3 is 2.81 bits per heavy atom. The smallest absolute Gasteiger partial charge is 0.337 e. The van der Waals surface area contributed by atoms with Gasteiger partial charge in [-0.2, -0.15) is 0 Å². The normalized spacial score (nSPS) is 11.1. The second kappa shape index (κ2) is 5.29. The Balaban J connectivity index is 2.16. The van der Waals surface area contributed by atoms with Gasteiger partial charge >= 0.3 is 5.97 Å². The SMILES string of the molecule is CCc1nc2c(C(=O)O)cccc2n1Cc1nc(C)cs1. The largest absolute Gasteiger partial charge is 0.478 e. The fourth-order valence-corrected chi connectivity index (χ4v) is 3.18. The molecular formula is C15H15N3O2S. The summed E-state index contributed by atoms with van der Waals surface area (Å²) in [6.45, 7) is 4.61. The van der Waals surface area contributed by atoms with Gasteiger partial charge in [0.05, 0.1) is 17.6 Å². The minimum atomic E-state index is -0.946. The van der Waals surface area contributed by atoms with Crippen LogP contribution in [0.5, 0.6) is 0 Å². The molecule has 0 radical (unpaired) electrons. The van der Waals surface area contributed by atoms with E-state index in [1.807, 2.05) is 25.3 Å². The van der Waals surface area contributed by atoms with Crippen molar-refractivity contribution < 1.29 is 9.90 Å². The van der Waals surface area contributed by atoms with Crippen LogP contribution in [0.1, 0.15) is 33.8 Å². The molecule has 21 heavy (non-hydrogen) atoms. The van der Waals surface area contributed by atoms with Crippen molar-refractivity contribution in [3.63, 3.8) is 0 Å². The number of imidazole rings is 1. The number of carboxylic acids is 1. The van der Waals surface area contributed by atoms with Crippen LogP contribution < -0.4 is 0 Å². The first-order valence-corrected chi connectivity index (χ1v) is 7.60. The zero-order valence-electron chi connectivity index (χ0n) is 11.8. The summed E-state index contributed by atoms with van der Waals surface area (Å²) in [5, 5.41) is 12.3. The molecule has 2 heterocycles. The summed E-state index contributed by atoms with van der Waals surface area (Å²) in [5.41, 5.74) is 2.65. The topological polar surface area (TPSA) is 68.0 Å². The lowest BCUT2D eigenvalue weighted by Gasteiger charge is -2.05. The van der Waals surface area contributed by atoms with Gasteiger partial charge in [-0.05, 0) is 19.1 Å². The molecule has 2 aromatic heterocycles. The van der Waals surface area contributed by atoms with Gasteiger partial charge in [0.2, 0.25) is 0 Å². The van der Waals surface area contributed by atoms with E-state index < -0.39 is 5.97 Å². The average molecular weight is 301 g/mol. The molecule has 0 aliphatic heterocycles. The van der Waals surface area contributed by atoms with Gasteiger partial charge in [-0.15, -0.1) is 11.3 Å². The third-order valence-corrected chi connectivity index (χ3v) is 4.32. The number of carboxylic acid groups (broad SMARTS) is 1. The van der Waals surface area contributed by atoms with Crippen molar-refractivity contribution in [2.75, 3.05) is 0 Å². The number of aromatic carboxylic acids is 1. The summed E-state index contributed by atoms with van der Waals surface area (Å²) in [6.07, 6.45) is 0.748. The molecule has 0 atom stereocenters. The van der Waals surface area contributed by atoms with E-state index in [4.69, 9.17) is 0 Å². The van der Waals surface area contributed by atoms with Crippen LogP contribution in [0.2, 0.25) is 0 Å². The van der Waals surface area contributed by atoms with Gasteiger partial charge in [-0.3, -0.25) is 0 Å². The molecule has 0 aliphatic carbocycles. The maximum atomic E-state index is 11.3. The summed E-state index contributed by atoms with van der Waals surface area (Å²) in [6, 6.07) is 5.26. The minimum absolute atomic E-state index is 0.247. The second-order valence-electron chi connectivity index (χ2n) is 4.83. The predicted molar refractivity (Wildman–Crippen MR) is 82.0 cm³/mol. The first-order valence-electron chi connectivity index (χ1n) is 6.72. The molecule has 108 valence electrons. The zero-order chi connectivity index (χ0) is 15.0. The summed E-state index contributed by atoms with van der Waals surface area (Å²) in [7, 11) is 0. The van der Waals surface area contributed by atoms with Crippen molar-refractivity contribution in [1.29, 1.82) is 0 Å². The Bertz CT molecular complexity index is 820. The van der Waals surface area contributed by atoms with Gasteiger partial charge < -0.3 is 9.67 Å². The van der Waals surface area contributed by atoms with E-state index in [9.17, 15) is 9.90 Å². The molecule has 0 amide bonds. The fourth-order valence-electron chi connectivity index (χ4n) is 2.42. The minimum Gasteiger partial charge on any atom is -0.478 e. The molecule has 0 saturated carbocycles. The monoisotopic (exact) mass is 301 g/mol. The molecule has 0 saturated heterocycles. The molecule has 1 aromatic carbocycles. The highest BCUT2D eigenvalue weighted by Gasteiger charge is 2.16. The van der Waals surface area contributed by atoms with Crippen LogP contribution in [0, 0.1) is 6.92 Å². The van der Waals surface area contributed by atoms with E-state index in [1.54, 1.807) is 23.5 Å². The summed E-state index contributed by atoms with van der Waals surface area (Å²) in [4.78, 5) is 20.3. The van der Waals surface area contributed by atoms with Crippen LogP contribution in [0.4, 0.5) is 0 Å². The van der Waals surface area contributed by atoms with Crippen molar-refractivity contribution in [3.05, 3.63) is 45.7 Å². The highest BCUT2D eigenvalue weighted by molar-refractivity contribution is 7.09. The third kappa shape index (κ3) is 2.42. The van der Waals surface area contributed by atoms with Gasteiger partial charge in [-0.25, -0.2) is 14.8 Å². The standard InChI is InChI=1S/C15H15N3O2S/c1-3-12-17-14-10(15(19)20)5-4-6-11(14)18(12)7-13-16-9(2)8-21-13/h4-6,8H,3,7H2,1-2H3,(H,19,20). The van der Waals surface area contributed by atoms with Crippen LogP contribution in [0.15, 0.2) is 23.6 Å². The maximum absolute atomic E-state index is 11.3. The number of aryl methyl sites for hydroxylation is 2. The van der Waals surface area contributed by atoms with Crippen LogP contribution in [-0.2, 0) is 13.0 Å². The van der Waals surface area contributed by atoms with Gasteiger partial charge in [0, 0.05) is 17.5 Å². The molecule has 0 fully saturated rings. The molecule has 0 aliphatic rings. The van der Waals surface area contributed by atoms with Crippen molar-refractivity contribution in [2.24, 2.45) is 0 Å². The van der Waals surface area contributed by atoms with Crippen LogP contribution >= 0.6 is 11.3 Å². The van der Waals surface area contributed by atoms with Crippen LogP contribution in [-0.4, -0.2) is 25.6 Å². The van der Waals surface area contributed by atoms with Crippen molar-refractivity contribution in [3.8, 4) is 0 Å². The molecule has 5 nitrogen and oxygen atoms in total. The number of benzene rings is 1. The molecular weight excluding hydrogens is 286 g/mol. The van der Waals surface area contributed by atoms with Gasteiger partial charge in [0.25, 0.3) is 0 Å². The fraction of sp³-hybridized carbons (Fsp3) is 0.267. The Labute approximate surface area is 125 Å². The van der Waals surface area contributed by atoms with E-state index in [2.05, 4.69) is 14.5 Å². The lowest BCUT2D eigenvalue weighted by Crippen LogP contribution is -2.04. The van der Waals surface area contributed by atoms with Crippen molar-refractivity contribution in [2.45, 2.75) is 26.8 Å². The van der Waals surface area contributed by atoms with Gasteiger partial charge in [-0.1, -0.05) is 13.0 Å². The Morgan fingerprint density at radius 1 is 1.38 bits per heavy atom. The van der Waals surface area contributed by atoms with Crippen molar-refractivity contribution >= 4 is 28.3 Å². The summed E-state index contributed by atoms with van der Waals surface area (Å²) >= 11 is 1.61. The van der Waals surface area contributed by atoms with E-state index in [0.29, 0.717) is 12.1 Å². The first-order chi connectivity index (χ1) is 10.1. The molecule has 3 aromatic rings. The number of thiazole rings is 1. The van der Waals surface area contributed by atoms with Crippen LogP contribution in [0.25, 0.3) is 11.0 Å². The number of hydrogen-bond donors (Lipinski definition) is 1. The molecule has 3 rings (SSSR count). The van der Waals surface area contributed by atoms with E-state index in [0.717, 1.165) is 28.5 Å². The van der Waals surface area contributed by atoms with Crippen LogP contribution in [0.3, 0.4) is 0 Å². The highest BCUT2D eigenvalue weighted by Crippen LogP contribution is 2.23. The first kappa shape index (κ1) is 13.8.